The molecule has 0 aliphatic carbocycles. The Hall–Kier alpha value is -3.93. The van der Waals surface area contributed by atoms with E-state index in [9.17, 15) is 9.59 Å². The third-order valence-corrected chi connectivity index (χ3v) is 6.85. The van der Waals surface area contributed by atoms with Crippen molar-refractivity contribution in [2.24, 2.45) is 5.92 Å². The number of imide groups is 1. The summed E-state index contributed by atoms with van der Waals surface area (Å²) in [6.45, 7) is 6.99. The van der Waals surface area contributed by atoms with Gasteiger partial charge in [0.05, 0.1) is 23.2 Å². The lowest BCUT2D eigenvalue weighted by molar-refractivity contribution is -0.139. The quantitative estimate of drug-likeness (QED) is 0.475. The molecule has 2 aromatic heterocycles. The molecule has 6 nitrogen and oxygen atoms in total. The van der Waals surface area contributed by atoms with Crippen LogP contribution in [-0.4, -0.2) is 32.8 Å². The molecule has 0 bridgehead atoms. The molecule has 2 aromatic carbocycles. The van der Waals surface area contributed by atoms with E-state index in [1.807, 2.05) is 30.3 Å². The third kappa shape index (κ3) is 2.98. The highest BCUT2D eigenvalue weighted by molar-refractivity contribution is 6.11. The number of nitrogens with zero attached hydrogens (tertiary/aromatic N) is 3. The molecule has 0 radical (unpaired) electrons. The number of hydrogen-bond donors (Lipinski definition) is 1. The second kappa shape index (κ2) is 7.55. The van der Waals surface area contributed by atoms with Gasteiger partial charge in [0.2, 0.25) is 5.91 Å². The molecule has 1 atom stereocenters. The van der Waals surface area contributed by atoms with Gasteiger partial charge in [-0.15, -0.1) is 0 Å². The van der Waals surface area contributed by atoms with Crippen molar-refractivity contribution in [1.29, 1.82) is 0 Å². The summed E-state index contributed by atoms with van der Waals surface area (Å²) in [5.41, 5.74) is 6.46. The summed E-state index contributed by atoms with van der Waals surface area (Å²) in [4.78, 5) is 32.1. The van der Waals surface area contributed by atoms with E-state index in [1.54, 1.807) is 6.20 Å². The Bertz CT molecular complexity index is 1520. The van der Waals surface area contributed by atoms with Gasteiger partial charge in [-0.25, -0.2) is 0 Å². The summed E-state index contributed by atoms with van der Waals surface area (Å²) in [6, 6.07) is 16.3. The fraction of sp³-hybridized carbons (Fsp3) is 0.250. The van der Waals surface area contributed by atoms with E-state index < -0.39 is 0 Å². The predicted molar refractivity (Wildman–Crippen MR) is 133 cm³/mol. The van der Waals surface area contributed by atoms with Gasteiger partial charge in [0.15, 0.2) is 0 Å². The highest BCUT2D eigenvalue weighted by Gasteiger charge is 2.42. The van der Waals surface area contributed by atoms with Crippen LogP contribution >= 0.6 is 0 Å². The molecule has 6 rings (SSSR count). The Morgan fingerprint density at radius 2 is 1.91 bits per heavy atom. The number of hydrogen-bond acceptors (Lipinski definition) is 4. The van der Waals surface area contributed by atoms with E-state index in [1.165, 1.54) is 11.8 Å². The van der Waals surface area contributed by atoms with E-state index in [0.717, 1.165) is 50.9 Å². The number of carbonyl (C=O) groups is 2. The van der Waals surface area contributed by atoms with Gasteiger partial charge in [0.25, 0.3) is 5.91 Å². The Morgan fingerprint density at radius 1 is 1.12 bits per heavy atom. The Morgan fingerprint density at radius 3 is 2.71 bits per heavy atom. The Balaban J connectivity index is 1.69. The Kier molecular flexibility index (Phi) is 4.59. The molecule has 34 heavy (non-hydrogen) atoms. The van der Waals surface area contributed by atoms with E-state index in [0.29, 0.717) is 11.5 Å². The normalized spacial score (nSPS) is 17.5. The van der Waals surface area contributed by atoms with Gasteiger partial charge in [-0.2, -0.15) is 0 Å². The van der Waals surface area contributed by atoms with Gasteiger partial charge in [-0.1, -0.05) is 44.2 Å². The van der Waals surface area contributed by atoms with Crippen molar-refractivity contribution in [3.63, 3.8) is 0 Å². The van der Waals surface area contributed by atoms with Crippen LogP contribution < -0.4 is 5.32 Å². The molecule has 4 aromatic rings. The third-order valence-electron chi connectivity index (χ3n) is 6.85. The van der Waals surface area contributed by atoms with E-state index >= 15 is 0 Å². The maximum absolute atomic E-state index is 13.7. The first-order valence-electron chi connectivity index (χ1n) is 11.7. The van der Waals surface area contributed by atoms with Crippen molar-refractivity contribution in [3.8, 4) is 0 Å². The number of fused-ring (bicyclic) bond motifs is 1. The zero-order valence-corrected chi connectivity index (χ0v) is 19.5. The molecule has 4 heterocycles. The number of amides is 2. The monoisotopic (exact) mass is 450 g/mol. The largest absolute Gasteiger partial charge is 0.356 e. The molecule has 1 N–H and O–H groups in total. The van der Waals surface area contributed by atoms with Gasteiger partial charge in [-0.05, 0) is 35.2 Å². The molecule has 0 saturated carbocycles. The standard InChI is InChI=1S/C28H26N4O2/c1-16(2)13-31-14-20-24(19-9-4-7-18-8-6-12-29-27(18)19)26-22(15-32(17(3)33)28(26)34)30-21-10-5-11-23(31)25(20)21/h4-12,14,16,24,30H,13,15H2,1-3H3/t24-/m0/s1. The van der Waals surface area contributed by atoms with E-state index in [-0.39, 0.29) is 24.3 Å². The van der Waals surface area contributed by atoms with Gasteiger partial charge in [-0.3, -0.25) is 19.5 Å². The van der Waals surface area contributed by atoms with Crippen LogP contribution in [-0.2, 0) is 16.1 Å². The molecule has 2 aliphatic rings. The summed E-state index contributed by atoms with van der Waals surface area (Å²) in [5.74, 6) is -0.342. The number of benzene rings is 2. The predicted octanol–water partition coefficient (Wildman–Crippen LogP) is 5.05. The fourth-order valence-corrected chi connectivity index (χ4v) is 5.50. The molecule has 170 valence electrons. The zero-order chi connectivity index (χ0) is 23.6. The smallest absolute Gasteiger partial charge is 0.259 e. The summed E-state index contributed by atoms with van der Waals surface area (Å²) in [7, 11) is 0. The lowest BCUT2D eigenvalue weighted by Crippen LogP contribution is -2.33. The lowest BCUT2D eigenvalue weighted by Gasteiger charge is -2.20. The molecule has 0 fully saturated rings. The van der Waals surface area contributed by atoms with Crippen LogP contribution in [0.3, 0.4) is 0 Å². The van der Waals surface area contributed by atoms with E-state index in [2.05, 4.69) is 48.1 Å². The average Bonchev–Trinajstić information content (AvgIpc) is 3.28. The fourth-order valence-electron chi connectivity index (χ4n) is 5.50. The van der Waals surface area contributed by atoms with Gasteiger partial charge >= 0.3 is 0 Å². The highest BCUT2D eigenvalue weighted by Crippen LogP contribution is 2.47. The van der Waals surface area contributed by atoms with Crippen molar-refractivity contribution in [2.45, 2.75) is 33.2 Å². The number of rotatable bonds is 3. The molecule has 2 amide bonds. The lowest BCUT2D eigenvalue weighted by atomic mass is 9.83. The van der Waals surface area contributed by atoms with Crippen LogP contribution in [0.5, 0.6) is 0 Å². The SMILES string of the molecule is CC(=O)N1CC2=C(C1=O)[C@@H](c1cccc3cccnc13)c1cn(CC(C)C)c3cccc(c13)N2. The van der Waals surface area contributed by atoms with Crippen molar-refractivity contribution < 1.29 is 9.59 Å². The van der Waals surface area contributed by atoms with Crippen LogP contribution in [0.25, 0.3) is 21.8 Å². The first-order chi connectivity index (χ1) is 16.4. The maximum Gasteiger partial charge on any atom is 0.259 e. The average molecular weight is 451 g/mol. The number of carbonyl (C=O) groups excluding carboxylic acids is 2. The number of nitrogens with one attached hydrogen (secondary N) is 1. The molecule has 6 heteroatoms. The summed E-state index contributed by atoms with van der Waals surface area (Å²) in [5, 5.41) is 5.70. The highest BCUT2D eigenvalue weighted by atomic mass is 16.2. The van der Waals surface area contributed by atoms with Crippen molar-refractivity contribution in [2.75, 3.05) is 11.9 Å². The van der Waals surface area contributed by atoms with Crippen LogP contribution in [0.15, 0.2) is 72.2 Å². The summed E-state index contributed by atoms with van der Waals surface area (Å²) >= 11 is 0. The van der Waals surface area contributed by atoms with Crippen molar-refractivity contribution in [3.05, 3.63) is 83.3 Å². The van der Waals surface area contributed by atoms with Gasteiger partial charge in [0, 0.05) is 53.9 Å². The number of pyridine rings is 1. The van der Waals surface area contributed by atoms with E-state index in [4.69, 9.17) is 4.98 Å². The first kappa shape index (κ1) is 20.7. The zero-order valence-electron chi connectivity index (χ0n) is 19.5. The number of anilines is 1. The minimum atomic E-state index is -0.336. The molecular formula is C28H26N4O2. The minimum absolute atomic E-state index is 0.231. The van der Waals surface area contributed by atoms with Gasteiger partial charge < -0.3 is 9.88 Å². The topological polar surface area (TPSA) is 67.2 Å². The summed E-state index contributed by atoms with van der Waals surface area (Å²) < 4.78 is 2.29. The van der Waals surface area contributed by atoms with Crippen molar-refractivity contribution in [1.82, 2.24) is 14.5 Å². The Labute approximate surface area is 197 Å². The molecular weight excluding hydrogens is 424 g/mol. The van der Waals surface area contributed by atoms with Crippen LogP contribution in [0.4, 0.5) is 5.69 Å². The number of aromatic nitrogens is 2. The second-order valence-electron chi connectivity index (χ2n) is 9.61. The molecule has 0 unspecified atom stereocenters. The van der Waals surface area contributed by atoms with Crippen LogP contribution in [0.2, 0.25) is 0 Å². The van der Waals surface area contributed by atoms with Crippen LogP contribution in [0.1, 0.15) is 37.8 Å². The molecule has 2 aliphatic heterocycles. The first-order valence-corrected chi connectivity index (χ1v) is 11.7. The van der Waals surface area contributed by atoms with Crippen molar-refractivity contribution >= 4 is 39.3 Å². The minimum Gasteiger partial charge on any atom is -0.356 e. The number of para-hydroxylation sites is 1. The maximum atomic E-state index is 13.7. The van der Waals surface area contributed by atoms with Crippen LogP contribution in [0, 0.1) is 5.92 Å². The van der Waals surface area contributed by atoms with Gasteiger partial charge in [0.1, 0.15) is 0 Å². The molecule has 0 saturated heterocycles. The second-order valence-corrected chi connectivity index (χ2v) is 9.61. The summed E-state index contributed by atoms with van der Waals surface area (Å²) in [6.07, 6.45) is 3.99. The molecule has 0 spiro atoms.